The van der Waals surface area contributed by atoms with E-state index in [4.69, 9.17) is 16.3 Å². The Bertz CT molecular complexity index is 2070. The molecule has 0 radical (unpaired) electrons. The molecule has 3 aromatic carbocycles. The van der Waals surface area contributed by atoms with Crippen LogP contribution >= 0.6 is 22.9 Å². The second kappa shape index (κ2) is 12.1. The number of phenols is 1. The quantitative estimate of drug-likeness (QED) is 0.168. The van der Waals surface area contributed by atoms with Gasteiger partial charge in [0.1, 0.15) is 5.82 Å². The van der Waals surface area contributed by atoms with Crippen molar-refractivity contribution in [1.29, 1.82) is 0 Å². The summed E-state index contributed by atoms with van der Waals surface area (Å²) in [6.07, 6.45) is 2.38. The minimum Gasteiger partial charge on any atom is -0.504 e. The summed E-state index contributed by atoms with van der Waals surface area (Å²) < 4.78 is 19.3. The fourth-order valence-corrected chi connectivity index (χ4v) is 9.50. The Morgan fingerprint density at radius 2 is 1.74 bits per heavy atom. The number of hydrazine groups is 1. The first-order valence-corrected chi connectivity index (χ1v) is 17.5. The van der Waals surface area contributed by atoms with E-state index in [2.05, 4.69) is 5.43 Å². The molecule has 12 heteroatoms. The molecule has 4 aromatic rings. The van der Waals surface area contributed by atoms with Crippen molar-refractivity contribution in [3.63, 3.8) is 0 Å². The van der Waals surface area contributed by atoms with Crippen LogP contribution in [0.25, 0.3) is 0 Å². The normalized spacial score (nSPS) is 27.2. The standard InChI is InChI=1S/C38H31ClFN3O6S/c1-49-31-17-20(4-15-30(31)44)33-26-13-14-27-32(36(47)42(34(27)45)19-25-3-2-16-50-25)28(26)18-29-35(46)43(41-24-11-9-23(40)10-12-24)37(48)38(29,33)21-5-7-22(39)8-6-21/h2-13,15-17,27-29,32-33,41,44H,14,18-19H2,1H3. The maximum Gasteiger partial charge on any atom is 0.260 e. The number of likely N-dealkylation sites (tertiary alicyclic amines) is 1. The number of methoxy groups -OCH3 is 1. The molecule has 2 N–H and O–H groups in total. The van der Waals surface area contributed by atoms with Crippen molar-refractivity contribution in [3.05, 3.63) is 123 Å². The van der Waals surface area contributed by atoms with Crippen LogP contribution < -0.4 is 10.2 Å². The number of fused-ring (bicyclic) bond motifs is 4. The molecule has 1 aromatic heterocycles. The highest BCUT2D eigenvalue weighted by Gasteiger charge is 2.70. The minimum atomic E-state index is -1.53. The number of thiophene rings is 1. The number of amides is 4. The molecule has 0 spiro atoms. The van der Waals surface area contributed by atoms with Gasteiger partial charge in [-0.2, -0.15) is 5.01 Å². The summed E-state index contributed by atoms with van der Waals surface area (Å²) >= 11 is 7.82. The number of carbonyl (C=O) groups excluding carboxylic acids is 4. The van der Waals surface area contributed by atoms with Gasteiger partial charge in [0.2, 0.25) is 11.8 Å². The molecule has 2 aliphatic carbocycles. The predicted octanol–water partition coefficient (Wildman–Crippen LogP) is 6.44. The number of ether oxygens (including phenoxy) is 1. The molecular formula is C38H31ClFN3O6S. The number of phenolic OH excluding ortho intramolecular Hbond substituents is 1. The first-order valence-electron chi connectivity index (χ1n) is 16.2. The molecular weight excluding hydrogens is 681 g/mol. The number of nitrogens with one attached hydrogen (secondary N) is 1. The Hall–Kier alpha value is -5.00. The van der Waals surface area contributed by atoms with Crippen LogP contribution in [0, 0.1) is 29.5 Å². The highest BCUT2D eigenvalue weighted by atomic mass is 35.5. The number of hydrogen-bond donors (Lipinski definition) is 2. The van der Waals surface area contributed by atoms with E-state index in [-0.39, 0.29) is 42.7 Å². The van der Waals surface area contributed by atoms with Gasteiger partial charge in [0.05, 0.1) is 42.5 Å². The molecule has 0 bridgehead atoms. The molecule has 4 amide bonds. The number of halogens is 2. The zero-order valence-corrected chi connectivity index (χ0v) is 28.3. The van der Waals surface area contributed by atoms with Gasteiger partial charge in [-0.15, -0.1) is 11.3 Å². The lowest BCUT2D eigenvalue weighted by atomic mass is 9.49. The van der Waals surface area contributed by atoms with Gasteiger partial charge in [-0.05, 0) is 89.9 Å². The Morgan fingerprint density at radius 3 is 2.44 bits per heavy atom. The van der Waals surface area contributed by atoms with Gasteiger partial charge >= 0.3 is 0 Å². The SMILES string of the molecule is COc1cc(C2C3=CCC4C(=O)N(Cc5cccs5)C(=O)C4C3CC3C(=O)N(Nc4ccc(F)cc4)C(=O)C32c2ccc(Cl)cc2)ccc1O. The van der Waals surface area contributed by atoms with Crippen molar-refractivity contribution in [3.8, 4) is 11.5 Å². The second-order valence-electron chi connectivity index (χ2n) is 13.1. The van der Waals surface area contributed by atoms with E-state index < -0.39 is 52.6 Å². The number of nitrogens with zero attached hydrogens (tertiary/aromatic N) is 2. The zero-order chi connectivity index (χ0) is 34.9. The van der Waals surface area contributed by atoms with Crippen molar-refractivity contribution >= 4 is 52.3 Å². The van der Waals surface area contributed by atoms with Crippen molar-refractivity contribution in [2.45, 2.75) is 30.7 Å². The van der Waals surface area contributed by atoms with Gasteiger partial charge in [-0.25, -0.2) is 4.39 Å². The monoisotopic (exact) mass is 711 g/mol. The van der Waals surface area contributed by atoms with E-state index >= 15 is 4.79 Å². The maximum atomic E-state index is 15.2. The summed E-state index contributed by atoms with van der Waals surface area (Å²) in [4.78, 5) is 60.2. The molecule has 1 saturated carbocycles. The maximum absolute atomic E-state index is 15.2. The third kappa shape index (κ3) is 4.78. The van der Waals surface area contributed by atoms with E-state index in [0.717, 1.165) is 15.5 Å². The molecule has 3 heterocycles. The van der Waals surface area contributed by atoms with E-state index in [9.17, 15) is 23.9 Å². The highest BCUT2D eigenvalue weighted by Crippen LogP contribution is 2.64. The number of allylic oxidation sites excluding steroid dienone is 2. The van der Waals surface area contributed by atoms with Gasteiger partial charge < -0.3 is 9.84 Å². The first-order chi connectivity index (χ1) is 24.1. The molecule has 254 valence electrons. The Labute approximate surface area is 295 Å². The molecule has 2 aliphatic heterocycles. The summed E-state index contributed by atoms with van der Waals surface area (Å²) in [6, 6.07) is 20.8. The first kappa shape index (κ1) is 32.2. The summed E-state index contributed by atoms with van der Waals surface area (Å²) in [5.41, 5.74) is 3.64. The molecule has 6 atom stereocenters. The molecule has 4 aliphatic rings. The zero-order valence-electron chi connectivity index (χ0n) is 26.7. The number of hydrogen-bond acceptors (Lipinski definition) is 8. The fraction of sp³-hybridized carbons (Fsp3) is 0.263. The summed E-state index contributed by atoms with van der Waals surface area (Å²) in [7, 11) is 1.42. The molecule has 3 fully saturated rings. The van der Waals surface area contributed by atoms with Crippen LogP contribution in [-0.4, -0.2) is 45.8 Å². The third-order valence-electron chi connectivity index (χ3n) is 10.8. The predicted molar refractivity (Wildman–Crippen MR) is 184 cm³/mol. The van der Waals surface area contributed by atoms with Crippen LogP contribution in [-0.2, 0) is 31.1 Å². The van der Waals surface area contributed by atoms with Crippen molar-refractivity contribution < 1.29 is 33.4 Å². The van der Waals surface area contributed by atoms with Crippen LogP contribution in [0.3, 0.4) is 0 Å². The van der Waals surface area contributed by atoms with E-state index in [0.29, 0.717) is 21.8 Å². The van der Waals surface area contributed by atoms with Gasteiger partial charge in [0, 0.05) is 15.8 Å². The number of rotatable bonds is 7. The van der Waals surface area contributed by atoms with Crippen LogP contribution in [0.5, 0.6) is 11.5 Å². The smallest absolute Gasteiger partial charge is 0.260 e. The fourth-order valence-electron chi connectivity index (χ4n) is 8.68. The lowest BCUT2D eigenvalue weighted by Gasteiger charge is -2.50. The molecule has 8 rings (SSSR count). The van der Waals surface area contributed by atoms with Crippen LogP contribution in [0.2, 0.25) is 5.02 Å². The number of aromatic hydroxyl groups is 1. The largest absolute Gasteiger partial charge is 0.504 e. The van der Waals surface area contributed by atoms with Gasteiger partial charge in [-0.1, -0.05) is 47.5 Å². The van der Waals surface area contributed by atoms with Gasteiger partial charge in [-0.3, -0.25) is 29.5 Å². The van der Waals surface area contributed by atoms with E-state index in [1.165, 1.54) is 53.7 Å². The highest BCUT2D eigenvalue weighted by molar-refractivity contribution is 7.09. The van der Waals surface area contributed by atoms with E-state index in [1.807, 2.05) is 23.6 Å². The summed E-state index contributed by atoms with van der Waals surface area (Å²) in [5, 5.41) is 13.9. The third-order valence-corrected chi connectivity index (χ3v) is 11.9. The Kier molecular flexibility index (Phi) is 7.80. The average Bonchev–Trinajstić information content (AvgIpc) is 3.78. The van der Waals surface area contributed by atoms with Crippen molar-refractivity contribution in [1.82, 2.24) is 9.91 Å². The van der Waals surface area contributed by atoms with Crippen molar-refractivity contribution in [2.24, 2.45) is 23.7 Å². The number of anilines is 1. The molecule has 6 unspecified atom stereocenters. The number of carbonyl (C=O) groups is 4. The summed E-state index contributed by atoms with van der Waals surface area (Å²) in [6.45, 7) is 0.175. The Balaban J connectivity index is 1.32. The Morgan fingerprint density at radius 1 is 0.980 bits per heavy atom. The summed E-state index contributed by atoms with van der Waals surface area (Å²) in [5.74, 6) is -5.65. The van der Waals surface area contributed by atoms with Crippen LogP contribution in [0.1, 0.15) is 34.8 Å². The second-order valence-corrected chi connectivity index (χ2v) is 14.6. The molecule has 50 heavy (non-hydrogen) atoms. The number of imide groups is 2. The number of benzene rings is 3. The average molecular weight is 712 g/mol. The van der Waals surface area contributed by atoms with Crippen LogP contribution in [0.15, 0.2) is 95.9 Å². The molecule has 2 saturated heterocycles. The molecule has 9 nitrogen and oxygen atoms in total. The minimum absolute atomic E-state index is 0.104. The lowest BCUT2D eigenvalue weighted by molar-refractivity contribution is -0.141. The van der Waals surface area contributed by atoms with Crippen LogP contribution in [0.4, 0.5) is 10.1 Å². The van der Waals surface area contributed by atoms with Gasteiger partial charge in [0.15, 0.2) is 11.5 Å². The topological polar surface area (TPSA) is 116 Å². The lowest BCUT2D eigenvalue weighted by Crippen LogP contribution is -2.53. The van der Waals surface area contributed by atoms with Gasteiger partial charge in [0.25, 0.3) is 11.8 Å². The van der Waals surface area contributed by atoms with E-state index in [1.54, 1.807) is 36.4 Å². The van der Waals surface area contributed by atoms with Crippen molar-refractivity contribution in [2.75, 3.05) is 12.5 Å².